The van der Waals surface area contributed by atoms with Crippen LogP contribution in [0.25, 0.3) is 11.0 Å². The van der Waals surface area contributed by atoms with E-state index in [0.717, 1.165) is 42.0 Å². The molecule has 2 aromatic heterocycles. The molecule has 3 aromatic rings. The maximum atomic E-state index is 12.6. The minimum absolute atomic E-state index is 0.162. The van der Waals surface area contributed by atoms with E-state index in [1.54, 1.807) is 6.33 Å². The minimum Gasteiger partial charge on any atom is -0.359 e. The molecule has 1 aromatic carbocycles. The molecule has 3 heterocycles. The van der Waals surface area contributed by atoms with Crippen molar-refractivity contribution in [3.05, 3.63) is 54.5 Å². The molecule has 1 aliphatic carbocycles. The highest BCUT2D eigenvalue weighted by Gasteiger charge is 2.56. The summed E-state index contributed by atoms with van der Waals surface area (Å²) in [7, 11) is 2.09. The van der Waals surface area contributed by atoms with Crippen LogP contribution in [-0.4, -0.2) is 52.4 Å². The number of carbonyl (C=O) groups is 1. The summed E-state index contributed by atoms with van der Waals surface area (Å²) < 4.78 is 0. The Morgan fingerprint density at radius 1 is 1.19 bits per heavy atom. The van der Waals surface area contributed by atoms with E-state index in [2.05, 4.69) is 26.9 Å². The summed E-state index contributed by atoms with van der Waals surface area (Å²) >= 11 is 0. The number of hydrogen-bond acceptors (Lipinski definition) is 4. The molecule has 0 unspecified atom stereocenters. The summed E-state index contributed by atoms with van der Waals surface area (Å²) in [5, 5.41) is 1.06. The van der Waals surface area contributed by atoms with Crippen molar-refractivity contribution >= 4 is 22.8 Å². The highest BCUT2D eigenvalue weighted by Crippen LogP contribution is 2.52. The van der Waals surface area contributed by atoms with Gasteiger partial charge < -0.3 is 14.8 Å². The lowest BCUT2D eigenvalue weighted by molar-refractivity contribution is 0.0768. The fraction of sp³-hybridized carbons (Fsp3) is 0.350. The van der Waals surface area contributed by atoms with Crippen LogP contribution in [0, 0.1) is 17.8 Å². The Balaban J connectivity index is 1.23. The van der Waals surface area contributed by atoms with E-state index in [-0.39, 0.29) is 5.91 Å². The molecular formula is C20H21N5O. The first-order chi connectivity index (χ1) is 12.7. The summed E-state index contributed by atoms with van der Waals surface area (Å²) in [6, 6.07) is 11.6. The molecule has 0 spiro atoms. The van der Waals surface area contributed by atoms with E-state index in [1.807, 2.05) is 47.5 Å². The molecular weight excluding hydrogens is 326 g/mol. The average Bonchev–Trinajstić information content (AvgIpc) is 3.08. The van der Waals surface area contributed by atoms with E-state index >= 15 is 0 Å². The number of benzene rings is 1. The zero-order valence-corrected chi connectivity index (χ0v) is 14.7. The smallest absolute Gasteiger partial charge is 0.253 e. The number of piperidine rings is 1. The topological polar surface area (TPSA) is 65.1 Å². The van der Waals surface area contributed by atoms with Crippen LogP contribution in [-0.2, 0) is 0 Å². The van der Waals surface area contributed by atoms with Crippen LogP contribution in [0.4, 0.5) is 5.82 Å². The van der Waals surface area contributed by atoms with Crippen LogP contribution in [0.2, 0.25) is 0 Å². The molecule has 2 aliphatic rings. The number of nitrogens with one attached hydrogen (secondary N) is 1. The van der Waals surface area contributed by atoms with E-state index < -0.39 is 0 Å². The number of rotatable bonds is 4. The Labute approximate surface area is 151 Å². The van der Waals surface area contributed by atoms with E-state index in [4.69, 9.17) is 0 Å². The molecule has 1 N–H and O–H groups in total. The second-order valence-corrected chi connectivity index (χ2v) is 7.39. The number of hydrogen-bond donors (Lipinski definition) is 1. The maximum absolute atomic E-state index is 12.6. The van der Waals surface area contributed by atoms with Crippen molar-refractivity contribution in [2.45, 2.75) is 0 Å². The zero-order chi connectivity index (χ0) is 17.7. The van der Waals surface area contributed by atoms with Crippen LogP contribution in [0.15, 0.2) is 48.9 Å². The lowest BCUT2D eigenvalue weighted by atomic mass is 10.2. The molecule has 1 saturated heterocycles. The van der Waals surface area contributed by atoms with Gasteiger partial charge in [-0.1, -0.05) is 18.2 Å². The second kappa shape index (κ2) is 5.83. The highest BCUT2D eigenvalue weighted by molar-refractivity contribution is 5.94. The Morgan fingerprint density at radius 3 is 2.73 bits per heavy atom. The van der Waals surface area contributed by atoms with Crippen LogP contribution in [0.3, 0.4) is 0 Å². The first kappa shape index (κ1) is 15.4. The number of likely N-dealkylation sites (tertiary alicyclic amines) is 1. The molecule has 1 saturated carbocycles. The Bertz CT molecular complexity index is 941. The van der Waals surface area contributed by atoms with Gasteiger partial charge in [-0.05, 0) is 36.0 Å². The first-order valence-electron chi connectivity index (χ1n) is 9.06. The fourth-order valence-corrected chi connectivity index (χ4v) is 4.41. The number of aromatic nitrogens is 3. The predicted octanol–water partition coefficient (Wildman–Crippen LogP) is 2.41. The van der Waals surface area contributed by atoms with Gasteiger partial charge in [0.2, 0.25) is 0 Å². The predicted molar refractivity (Wildman–Crippen MR) is 100.0 cm³/mol. The number of carbonyl (C=O) groups excluding carboxylic acids is 1. The third kappa shape index (κ3) is 2.44. The highest BCUT2D eigenvalue weighted by atomic mass is 16.2. The van der Waals surface area contributed by atoms with Crippen LogP contribution >= 0.6 is 0 Å². The lowest BCUT2D eigenvalue weighted by Gasteiger charge is -2.23. The number of anilines is 1. The Morgan fingerprint density at radius 2 is 1.96 bits per heavy atom. The quantitative estimate of drug-likeness (QED) is 0.787. The number of aromatic amines is 1. The second-order valence-electron chi connectivity index (χ2n) is 7.39. The van der Waals surface area contributed by atoms with Crippen molar-refractivity contribution < 1.29 is 4.79 Å². The SMILES string of the molecule is CN(C[C@H]1[C@@H]2CN(C(=O)c3ccccc3)C[C@@H]21)c1ncnc2[nH]ccc12. The molecule has 0 radical (unpaired) electrons. The molecule has 26 heavy (non-hydrogen) atoms. The number of H-pyrrole nitrogens is 1. The van der Waals surface area contributed by atoms with Crippen molar-refractivity contribution in [3.63, 3.8) is 0 Å². The third-order valence-electron chi connectivity index (χ3n) is 5.86. The van der Waals surface area contributed by atoms with Gasteiger partial charge in [0, 0.05) is 38.4 Å². The van der Waals surface area contributed by atoms with Gasteiger partial charge in [0.1, 0.15) is 17.8 Å². The Hall–Kier alpha value is -2.89. The van der Waals surface area contributed by atoms with Gasteiger partial charge in [-0.2, -0.15) is 0 Å². The van der Waals surface area contributed by atoms with Crippen molar-refractivity contribution in [1.29, 1.82) is 0 Å². The molecule has 0 bridgehead atoms. The van der Waals surface area contributed by atoms with Gasteiger partial charge in [0.25, 0.3) is 5.91 Å². The maximum Gasteiger partial charge on any atom is 0.253 e. The number of nitrogens with zero attached hydrogens (tertiary/aromatic N) is 4. The summed E-state index contributed by atoms with van der Waals surface area (Å²) in [5.41, 5.74) is 1.66. The molecule has 1 aliphatic heterocycles. The largest absolute Gasteiger partial charge is 0.359 e. The molecule has 6 heteroatoms. The summed E-state index contributed by atoms with van der Waals surface area (Å²) in [6.07, 6.45) is 3.51. The third-order valence-corrected chi connectivity index (χ3v) is 5.86. The number of amides is 1. The van der Waals surface area contributed by atoms with Crippen LogP contribution < -0.4 is 4.90 Å². The molecule has 132 valence electrons. The number of fused-ring (bicyclic) bond motifs is 2. The van der Waals surface area contributed by atoms with Crippen molar-refractivity contribution in [2.24, 2.45) is 17.8 Å². The molecule has 6 nitrogen and oxygen atoms in total. The van der Waals surface area contributed by atoms with Gasteiger partial charge >= 0.3 is 0 Å². The molecule has 5 rings (SSSR count). The van der Waals surface area contributed by atoms with Gasteiger partial charge in [0.15, 0.2) is 0 Å². The monoisotopic (exact) mass is 347 g/mol. The van der Waals surface area contributed by atoms with E-state index in [0.29, 0.717) is 17.8 Å². The van der Waals surface area contributed by atoms with E-state index in [1.165, 1.54) is 0 Å². The fourth-order valence-electron chi connectivity index (χ4n) is 4.41. The molecule has 3 atom stereocenters. The summed E-state index contributed by atoms with van der Waals surface area (Å²) in [6.45, 7) is 2.72. The zero-order valence-electron chi connectivity index (χ0n) is 14.7. The van der Waals surface area contributed by atoms with Crippen molar-refractivity contribution in [1.82, 2.24) is 19.9 Å². The summed E-state index contributed by atoms with van der Waals surface area (Å²) in [5.74, 6) is 3.01. The van der Waals surface area contributed by atoms with Gasteiger partial charge in [0.05, 0.1) is 5.39 Å². The van der Waals surface area contributed by atoms with Crippen LogP contribution in [0.1, 0.15) is 10.4 Å². The summed E-state index contributed by atoms with van der Waals surface area (Å²) in [4.78, 5) is 28.7. The first-order valence-corrected chi connectivity index (χ1v) is 9.06. The normalized spacial score (nSPS) is 23.9. The lowest BCUT2D eigenvalue weighted by Crippen LogP contribution is -2.33. The minimum atomic E-state index is 0.162. The van der Waals surface area contributed by atoms with Gasteiger partial charge in [-0.3, -0.25) is 4.79 Å². The van der Waals surface area contributed by atoms with Gasteiger partial charge in [-0.15, -0.1) is 0 Å². The molecule has 2 fully saturated rings. The van der Waals surface area contributed by atoms with Crippen molar-refractivity contribution in [3.8, 4) is 0 Å². The molecule has 1 amide bonds. The standard InChI is InChI=1S/C20H21N5O/c1-24(19-14-7-8-21-18(14)22-12-23-19)9-15-16-10-25(11-17(15)16)20(26)13-5-3-2-4-6-13/h2-8,12,15-17H,9-11H2,1H3,(H,21,22,23)/t15-,16-,17+. The average molecular weight is 347 g/mol. The Kier molecular flexibility index (Phi) is 3.45. The van der Waals surface area contributed by atoms with Gasteiger partial charge in [-0.25, -0.2) is 9.97 Å². The van der Waals surface area contributed by atoms with Crippen molar-refractivity contribution in [2.75, 3.05) is 31.6 Å². The van der Waals surface area contributed by atoms with Crippen LogP contribution in [0.5, 0.6) is 0 Å². The van der Waals surface area contributed by atoms with E-state index in [9.17, 15) is 4.79 Å².